The van der Waals surface area contributed by atoms with Gasteiger partial charge in [-0.3, -0.25) is 14.4 Å². The Morgan fingerprint density at radius 1 is 1.00 bits per heavy atom. The molecule has 1 aliphatic rings. The summed E-state index contributed by atoms with van der Waals surface area (Å²) in [4.78, 5) is 48.8. The maximum absolute atomic E-state index is 13.0. The highest BCUT2D eigenvalue weighted by Crippen LogP contribution is 2.27. The van der Waals surface area contributed by atoms with Crippen molar-refractivity contribution < 1.29 is 14.4 Å². The van der Waals surface area contributed by atoms with Gasteiger partial charge in [-0.2, -0.15) is 0 Å². The SMILES string of the molecule is CCCN(Cc1ccccc1)C(=O)c1ccc(N2C(=O)c3cncnc3C2=O)cc1. The van der Waals surface area contributed by atoms with Crippen LogP contribution in [0.2, 0.25) is 0 Å². The third-order valence-corrected chi connectivity index (χ3v) is 4.92. The van der Waals surface area contributed by atoms with E-state index in [1.165, 1.54) is 12.5 Å². The predicted octanol–water partition coefficient (Wildman–Crippen LogP) is 3.33. The Bertz CT molecular complexity index is 1060. The quantitative estimate of drug-likeness (QED) is 0.593. The summed E-state index contributed by atoms with van der Waals surface area (Å²) in [5, 5.41) is 0. The fourth-order valence-electron chi connectivity index (χ4n) is 3.47. The van der Waals surface area contributed by atoms with Crippen LogP contribution >= 0.6 is 0 Å². The molecule has 4 rings (SSSR count). The van der Waals surface area contributed by atoms with Crippen LogP contribution in [0.15, 0.2) is 67.1 Å². The van der Waals surface area contributed by atoms with Crippen LogP contribution < -0.4 is 4.90 Å². The molecule has 0 radical (unpaired) electrons. The van der Waals surface area contributed by atoms with E-state index in [9.17, 15) is 14.4 Å². The number of amides is 3. The molecule has 0 atom stereocenters. The Balaban J connectivity index is 1.55. The summed E-state index contributed by atoms with van der Waals surface area (Å²) in [6, 6.07) is 16.3. The minimum Gasteiger partial charge on any atom is -0.334 e. The average molecular weight is 400 g/mol. The van der Waals surface area contributed by atoms with Gasteiger partial charge >= 0.3 is 0 Å². The molecular formula is C23H20N4O3. The van der Waals surface area contributed by atoms with E-state index in [1.54, 1.807) is 29.2 Å². The van der Waals surface area contributed by atoms with Gasteiger partial charge in [-0.05, 0) is 36.2 Å². The zero-order chi connectivity index (χ0) is 21.1. The van der Waals surface area contributed by atoms with E-state index in [2.05, 4.69) is 9.97 Å². The normalized spacial score (nSPS) is 12.8. The molecular weight excluding hydrogens is 380 g/mol. The van der Waals surface area contributed by atoms with Gasteiger partial charge in [-0.25, -0.2) is 14.9 Å². The van der Waals surface area contributed by atoms with E-state index in [4.69, 9.17) is 0 Å². The number of hydrogen-bond donors (Lipinski definition) is 0. The molecule has 30 heavy (non-hydrogen) atoms. The van der Waals surface area contributed by atoms with Gasteiger partial charge in [-0.15, -0.1) is 0 Å². The summed E-state index contributed by atoms with van der Waals surface area (Å²) in [6.07, 6.45) is 3.42. The lowest BCUT2D eigenvalue weighted by Crippen LogP contribution is -2.32. The minimum atomic E-state index is -0.492. The number of carbonyl (C=O) groups is 3. The summed E-state index contributed by atoms with van der Waals surface area (Å²) in [5.74, 6) is -1.06. The van der Waals surface area contributed by atoms with Crippen molar-refractivity contribution in [1.82, 2.24) is 14.9 Å². The van der Waals surface area contributed by atoms with E-state index in [0.29, 0.717) is 24.3 Å². The number of aromatic nitrogens is 2. The van der Waals surface area contributed by atoms with E-state index in [0.717, 1.165) is 16.9 Å². The van der Waals surface area contributed by atoms with Gasteiger partial charge in [0.15, 0.2) is 0 Å². The maximum atomic E-state index is 13.0. The first-order valence-corrected chi connectivity index (χ1v) is 9.72. The molecule has 2 heterocycles. The standard InChI is InChI=1S/C23H20N4O3/c1-2-12-26(14-16-6-4-3-5-7-16)21(28)17-8-10-18(11-9-17)27-22(29)19-13-24-15-25-20(19)23(27)30/h3-11,13,15H,2,12,14H2,1H3. The first-order chi connectivity index (χ1) is 14.6. The number of nitrogens with zero attached hydrogens (tertiary/aromatic N) is 4. The molecule has 0 bridgehead atoms. The van der Waals surface area contributed by atoms with E-state index in [1.807, 2.05) is 37.3 Å². The van der Waals surface area contributed by atoms with Crippen LogP contribution in [0.1, 0.15) is 50.1 Å². The van der Waals surface area contributed by atoms with Crippen molar-refractivity contribution in [1.29, 1.82) is 0 Å². The van der Waals surface area contributed by atoms with Crippen LogP contribution in [0.5, 0.6) is 0 Å². The van der Waals surface area contributed by atoms with Crippen LogP contribution in [-0.4, -0.2) is 39.1 Å². The third-order valence-electron chi connectivity index (χ3n) is 4.92. The lowest BCUT2D eigenvalue weighted by molar-refractivity contribution is 0.0743. The Labute approximate surface area is 174 Å². The second kappa shape index (κ2) is 8.24. The number of fused-ring (bicyclic) bond motifs is 1. The highest BCUT2D eigenvalue weighted by molar-refractivity contribution is 6.33. The number of benzene rings is 2. The Hall–Kier alpha value is -3.87. The second-order valence-corrected chi connectivity index (χ2v) is 6.99. The molecule has 150 valence electrons. The average Bonchev–Trinajstić information content (AvgIpc) is 3.04. The first kappa shape index (κ1) is 19.4. The van der Waals surface area contributed by atoms with Crippen molar-refractivity contribution >= 4 is 23.4 Å². The van der Waals surface area contributed by atoms with Crippen LogP contribution in [0, 0.1) is 0 Å². The Morgan fingerprint density at radius 3 is 2.40 bits per heavy atom. The molecule has 7 nitrogen and oxygen atoms in total. The van der Waals surface area contributed by atoms with Crippen LogP contribution in [0.25, 0.3) is 0 Å². The molecule has 7 heteroatoms. The molecule has 0 spiro atoms. The summed E-state index contributed by atoms with van der Waals surface area (Å²) in [6.45, 7) is 3.18. The summed E-state index contributed by atoms with van der Waals surface area (Å²) in [5.41, 5.74) is 2.22. The van der Waals surface area contributed by atoms with Crippen LogP contribution in [0.3, 0.4) is 0 Å². The molecule has 0 N–H and O–H groups in total. The Morgan fingerprint density at radius 2 is 1.73 bits per heavy atom. The second-order valence-electron chi connectivity index (χ2n) is 6.99. The van der Waals surface area contributed by atoms with Gasteiger partial charge in [0.1, 0.15) is 12.0 Å². The topological polar surface area (TPSA) is 83.5 Å². The molecule has 0 saturated carbocycles. The van der Waals surface area contributed by atoms with Gasteiger partial charge in [0.2, 0.25) is 0 Å². The van der Waals surface area contributed by atoms with Crippen molar-refractivity contribution in [3.63, 3.8) is 0 Å². The third kappa shape index (κ3) is 3.57. The smallest absolute Gasteiger partial charge is 0.284 e. The van der Waals surface area contributed by atoms with E-state index >= 15 is 0 Å². The van der Waals surface area contributed by atoms with E-state index < -0.39 is 11.8 Å². The van der Waals surface area contributed by atoms with Crippen molar-refractivity contribution in [2.24, 2.45) is 0 Å². The molecule has 0 aliphatic carbocycles. The minimum absolute atomic E-state index is 0.0899. The number of anilines is 1. The number of rotatable bonds is 6. The molecule has 0 saturated heterocycles. The van der Waals surface area contributed by atoms with Gasteiger partial charge < -0.3 is 4.90 Å². The lowest BCUT2D eigenvalue weighted by atomic mass is 10.1. The number of hydrogen-bond acceptors (Lipinski definition) is 5. The Kier molecular flexibility index (Phi) is 5.34. The van der Waals surface area contributed by atoms with Crippen molar-refractivity contribution in [3.8, 4) is 0 Å². The van der Waals surface area contributed by atoms with Crippen molar-refractivity contribution in [2.45, 2.75) is 19.9 Å². The largest absolute Gasteiger partial charge is 0.334 e. The molecule has 1 aromatic heterocycles. The number of carbonyl (C=O) groups excluding carboxylic acids is 3. The predicted molar refractivity (Wildman–Crippen MR) is 111 cm³/mol. The molecule has 1 aliphatic heterocycles. The van der Waals surface area contributed by atoms with Crippen molar-refractivity contribution in [3.05, 3.63) is 89.5 Å². The highest BCUT2D eigenvalue weighted by atomic mass is 16.2. The first-order valence-electron chi connectivity index (χ1n) is 9.72. The van der Waals surface area contributed by atoms with Gasteiger partial charge in [0.05, 0.1) is 11.3 Å². The van der Waals surface area contributed by atoms with Gasteiger partial charge in [0.25, 0.3) is 17.7 Å². The number of imide groups is 1. The van der Waals surface area contributed by atoms with Gasteiger partial charge in [-0.1, -0.05) is 37.3 Å². The zero-order valence-corrected chi connectivity index (χ0v) is 16.5. The van der Waals surface area contributed by atoms with Crippen LogP contribution in [-0.2, 0) is 6.54 Å². The van der Waals surface area contributed by atoms with E-state index in [-0.39, 0.29) is 17.2 Å². The summed E-state index contributed by atoms with van der Waals surface area (Å²) < 4.78 is 0. The summed E-state index contributed by atoms with van der Waals surface area (Å²) in [7, 11) is 0. The molecule has 0 fully saturated rings. The molecule has 0 unspecified atom stereocenters. The maximum Gasteiger partial charge on any atom is 0.284 e. The fourth-order valence-corrected chi connectivity index (χ4v) is 3.47. The zero-order valence-electron chi connectivity index (χ0n) is 16.5. The molecule has 3 amide bonds. The monoisotopic (exact) mass is 400 g/mol. The van der Waals surface area contributed by atoms with Crippen LogP contribution in [0.4, 0.5) is 5.69 Å². The molecule has 3 aromatic rings. The lowest BCUT2D eigenvalue weighted by Gasteiger charge is -2.23. The summed E-state index contributed by atoms with van der Waals surface area (Å²) >= 11 is 0. The fraction of sp³-hybridized carbons (Fsp3) is 0.174. The van der Waals surface area contributed by atoms with Crippen molar-refractivity contribution in [2.75, 3.05) is 11.4 Å². The van der Waals surface area contributed by atoms with Gasteiger partial charge in [0, 0.05) is 24.8 Å². The molecule has 2 aromatic carbocycles. The highest BCUT2D eigenvalue weighted by Gasteiger charge is 2.38.